The molecular formula is C18H15N5O3. The second-order valence-electron chi connectivity index (χ2n) is 5.82. The number of amidine groups is 1. The molecule has 26 heavy (non-hydrogen) atoms. The summed E-state index contributed by atoms with van der Waals surface area (Å²) in [4.78, 5) is 42.0. The van der Waals surface area contributed by atoms with Gasteiger partial charge in [0.15, 0.2) is 0 Å². The summed E-state index contributed by atoms with van der Waals surface area (Å²) < 4.78 is 0. The fourth-order valence-corrected chi connectivity index (χ4v) is 2.90. The highest BCUT2D eigenvalue weighted by Gasteiger charge is 2.31. The average Bonchev–Trinajstić information content (AvgIpc) is 3.14. The van der Waals surface area contributed by atoms with Crippen LogP contribution in [0, 0.1) is 0 Å². The molecule has 8 nitrogen and oxygen atoms in total. The van der Waals surface area contributed by atoms with Crippen LogP contribution in [0.25, 0.3) is 0 Å². The van der Waals surface area contributed by atoms with Gasteiger partial charge in [-0.05, 0) is 30.3 Å². The Labute approximate surface area is 148 Å². The second kappa shape index (κ2) is 6.32. The van der Waals surface area contributed by atoms with E-state index in [9.17, 15) is 14.4 Å². The first-order valence-electron chi connectivity index (χ1n) is 8.06. The number of aliphatic imine (C=N–C) groups is 1. The number of hydrogen-bond donors (Lipinski definition) is 3. The smallest absolute Gasteiger partial charge is 0.308 e. The maximum Gasteiger partial charge on any atom is 0.327 e. The first-order chi connectivity index (χ1) is 12.6. The van der Waals surface area contributed by atoms with Gasteiger partial charge < -0.3 is 10.6 Å². The molecule has 0 unspecified atom stereocenters. The third-order valence-electron chi connectivity index (χ3n) is 4.11. The predicted molar refractivity (Wildman–Crippen MR) is 96.5 cm³/mol. The van der Waals surface area contributed by atoms with Gasteiger partial charge in [-0.15, -0.1) is 0 Å². The van der Waals surface area contributed by atoms with Gasteiger partial charge in [-0.25, -0.2) is 9.59 Å². The van der Waals surface area contributed by atoms with Crippen LogP contribution in [0.3, 0.4) is 0 Å². The predicted octanol–water partition coefficient (Wildman–Crippen LogP) is 2.26. The number of rotatable bonds is 2. The van der Waals surface area contributed by atoms with E-state index in [1.54, 1.807) is 53.4 Å². The Hall–Kier alpha value is -3.68. The Morgan fingerprint density at radius 2 is 1.92 bits per heavy atom. The summed E-state index contributed by atoms with van der Waals surface area (Å²) in [6.45, 7) is 1.08. The Bertz CT molecular complexity index is 939. The highest BCUT2D eigenvalue weighted by Crippen LogP contribution is 2.28. The maximum absolute atomic E-state index is 12.1. The Morgan fingerprint density at radius 3 is 2.73 bits per heavy atom. The quantitative estimate of drug-likeness (QED) is 0.775. The van der Waals surface area contributed by atoms with Gasteiger partial charge in [0.25, 0.3) is 5.91 Å². The molecule has 3 N–H and O–H groups in total. The summed E-state index contributed by atoms with van der Waals surface area (Å²) in [5.41, 5.74) is 2.26. The van der Waals surface area contributed by atoms with Crippen LogP contribution in [0.15, 0.2) is 53.5 Å². The molecule has 2 aromatic rings. The number of benzene rings is 2. The number of nitrogens with one attached hydrogen (secondary N) is 3. The average molecular weight is 349 g/mol. The van der Waals surface area contributed by atoms with Crippen molar-refractivity contribution in [2.24, 2.45) is 4.99 Å². The number of imide groups is 1. The van der Waals surface area contributed by atoms with E-state index in [0.717, 1.165) is 5.56 Å². The molecular weight excluding hydrogens is 334 g/mol. The molecule has 0 spiro atoms. The molecule has 130 valence electrons. The number of fused-ring (bicyclic) bond motifs is 3. The standard InChI is InChI=1S/C18H15N5O3/c24-16(11-4-2-1-3-5-11)22-17(25)20-12-6-7-14-13(10-12)15-19-8-9-23(15)18(26)21-14/h1-7,10H,8-9H2,(H,21,26)(H2,20,22,24,25). The summed E-state index contributed by atoms with van der Waals surface area (Å²) >= 11 is 0. The lowest BCUT2D eigenvalue weighted by Crippen LogP contribution is -2.42. The molecule has 2 aliphatic rings. The van der Waals surface area contributed by atoms with Crippen molar-refractivity contribution in [3.63, 3.8) is 0 Å². The van der Waals surface area contributed by atoms with Crippen LogP contribution in [0.4, 0.5) is 21.0 Å². The monoisotopic (exact) mass is 349 g/mol. The van der Waals surface area contributed by atoms with E-state index >= 15 is 0 Å². The van der Waals surface area contributed by atoms with E-state index in [1.807, 2.05) is 0 Å². The summed E-state index contributed by atoms with van der Waals surface area (Å²) in [6, 6.07) is 12.7. The van der Waals surface area contributed by atoms with Crippen LogP contribution in [0.2, 0.25) is 0 Å². The minimum atomic E-state index is -0.635. The molecule has 8 heteroatoms. The minimum Gasteiger partial charge on any atom is -0.308 e. The molecule has 2 aromatic carbocycles. The molecule has 0 radical (unpaired) electrons. The number of hydrogen-bond acceptors (Lipinski definition) is 4. The molecule has 0 atom stereocenters. The van der Waals surface area contributed by atoms with Gasteiger partial charge in [0.2, 0.25) is 0 Å². The van der Waals surface area contributed by atoms with Crippen molar-refractivity contribution in [2.75, 3.05) is 23.7 Å². The van der Waals surface area contributed by atoms with Gasteiger partial charge in [-0.3, -0.25) is 20.0 Å². The Balaban J connectivity index is 1.49. The van der Waals surface area contributed by atoms with E-state index in [0.29, 0.717) is 35.9 Å². The first-order valence-corrected chi connectivity index (χ1v) is 8.06. The molecule has 5 amide bonds. The van der Waals surface area contributed by atoms with Crippen LogP contribution in [-0.2, 0) is 0 Å². The zero-order valence-corrected chi connectivity index (χ0v) is 13.7. The van der Waals surface area contributed by atoms with Crippen molar-refractivity contribution in [3.05, 3.63) is 59.7 Å². The zero-order valence-electron chi connectivity index (χ0n) is 13.7. The number of carbonyl (C=O) groups is 3. The summed E-state index contributed by atoms with van der Waals surface area (Å²) in [5, 5.41) is 7.69. The lowest BCUT2D eigenvalue weighted by atomic mass is 10.1. The van der Waals surface area contributed by atoms with E-state index in [2.05, 4.69) is 20.9 Å². The molecule has 0 fully saturated rings. The van der Waals surface area contributed by atoms with Crippen molar-refractivity contribution in [2.45, 2.75) is 0 Å². The fourth-order valence-electron chi connectivity index (χ4n) is 2.90. The zero-order chi connectivity index (χ0) is 18.1. The molecule has 0 bridgehead atoms. The molecule has 0 aliphatic carbocycles. The summed E-state index contributed by atoms with van der Waals surface area (Å²) in [6.07, 6.45) is 0. The van der Waals surface area contributed by atoms with Gasteiger partial charge in [-0.2, -0.15) is 0 Å². The largest absolute Gasteiger partial charge is 0.327 e. The van der Waals surface area contributed by atoms with E-state index in [1.165, 1.54) is 0 Å². The highest BCUT2D eigenvalue weighted by atomic mass is 16.2. The Morgan fingerprint density at radius 1 is 1.12 bits per heavy atom. The normalized spacial score (nSPS) is 14.7. The van der Waals surface area contributed by atoms with Crippen LogP contribution in [0.5, 0.6) is 0 Å². The van der Waals surface area contributed by atoms with Gasteiger partial charge in [0.1, 0.15) is 5.84 Å². The molecule has 4 rings (SSSR count). The third kappa shape index (κ3) is 2.88. The van der Waals surface area contributed by atoms with Gasteiger partial charge in [0, 0.05) is 23.4 Å². The van der Waals surface area contributed by atoms with Crippen molar-refractivity contribution >= 4 is 35.2 Å². The third-order valence-corrected chi connectivity index (χ3v) is 4.11. The van der Waals surface area contributed by atoms with Crippen molar-refractivity contribution in [1.82, 2.24) is 10.2 Å². The van der Waals surface area contributed by atoms with Gasteiger partial charge in [-0.1, -0.05) is 18.2 Å². The van der Waals surface area contributed by atoms with Crippen molar-refractivity contribution < 1.29 is 14.4 Å². The van der Waals surface area contributed by atoms with E-state index in [4.69, 9.17) is 0 Å². The summed E-state index contributed by atoms with van der Waals surface area (Å²) in [5.74, 6) is 0.104. The molecule has 0 aromatic heterocycles. The lowest BCUT2D eigenvalue weighted by Gasteiger charge is -2.26. The number of carbonyl (C=O) groups excluding carboxylic acids is 3. The minimum absolute atomic E-state index is 0.208. The van der Waals surface area contributed by atoms with E-state index < -0.39 is 11.9 Å². The van der Waals surface area contributed by atoms with Gasteiger partial charge in [0.05, 0.1) is 12.2 Å². The first kappa shape index (κ1) is 15.8. The van der Waals surface area contributed by atoms with Crippen LogP contribution >= 0.6 is 0 Å². The fraction of sp³-hybridized carbons (Fsp3) is 0.111. The van der Waals surface area contributed by atoms with Crippen LogP contribution in [0.1, 0.15) is 15.9 Å². The lowest BCUT2D eigenvalue weighted by molar-refractivity contribution is 0.0967. The Kier molecular flexibility index (Phi) is 3.85. The van der Waals surface area contributed by atoms with E-state index in [-0.39, 0.29) is 6.03 Å². The molecule has 2 heterocycles. The van der Waals surface area contributed by atoms with Gasteiger partial charge >= 0.3 is 12.1 Å². The van der Waals surface area contributed by atoms with Crippen molar-refractivity contribution in [1.29, 1.82) is 0 Å². The molecule has 2 aliphatic heterocycles. The highest BCUT2D eigenvalue weighted by molar-refractivity contribution is 6.19. The molecule has 0 saturated carbocycles. The van der Waals surface area contributed by atoms with Crippen LogP contribution in [-0.4, -0.2) is 41.8 Å². The van der Waals surface area contributed by atoms with Crippen LogP contribution < -0.4 is 16.0 Å². The summed E-state index contributed by atoms with van der Waals surface area (Å²) in [7, 11) is 0. The topological polar surface area (TPSA) is 103 Å². The maximum atomic E-state index is 12.1. The number of amides is 5. The van der Waals surface area contributed by atoms with Crippen molar-refractivity contribution in [3.8, 4) is 0 Å². The number of anilines is 2. The molecule has 0 saturated heterocycles. The number of nitrogens with zero attached hydrogens (tertiary/aromatic N) is 2. The second-order valence-corrected chi connectivity index (χ2v) is 5.82. The number of urea groups is 2. The SMILES string of the molecule is O=C(NC(=O)c1ccccc1)Nc1ccc2c(c1)C1=NCCN1C(=O)N2.